The molecular weight excluding hydrogens is 261 g/mol. The minimum atomic E-state index is -0.265. The molecule has 1 aromatic rings. The van der Waals surface area contributed by atoms with Crippen molar-refractivity contribution < 1.29 is 9.13 Å². The lowest BCUT2D eigenvalue weighted by molar-refractivity contribution is 0.272. The monoisotopic (exact) mass is 269 g/mol. The van der Waals surface area contributed by atoms with Crippen molar-refractivity contribution in [1.82, 2.24) is 0 Å². The molecule has 0 aromatic heterocycles. The summed E-state index contributed by atoms with van der Waals surface area (Å²) in [7, 11) is 0. The predicted molar refractivity (Wildman–Crippen MR) is 60.7 cm³/mol. The van der Waals surface area contributed by atoms with E-state index >= 15 is 0 Å². The first-order chi connectivity index (χ1) is 7.16. The van der Waals surface area contributed by atoms with E-state index in [-0.39, 0.29) is 11.9 Å². The van der Waals surface area contributed by atoms with Crippen molar-refractivity contribution in [1.29, 1.82) is 0 Å². The third-order valence-electron chi connectivity index (χ3n) is 2.10. The van der Waals surface area contributed by atoms with Gasteiger partial charge in [-0.15, -0.1) is 0 Å². The van der Waals surface area contributed by atoms with E-state index in [1.807, 2.05) is 0 Å². The van der Waals surface area contributed by atoms with Crippen molar-refractivity contribution in [2.45, 2.75) is 6.10 Å². The van der Waals surface area contributed by atoms with Crippen LogP contribution in [0.3, 0.4) is 0 Å². The number of hydrogen-bond donors (Lipinski definition) is 0. The average molecular weight is 270 g/mol. The molecule has 0 saturated heterocycles. The van der Waals surface area contributed by atoms with Crippen molar-refractivity contribution in [3.8, 4) is 0 Å². The molecule has 0 amide bonds. The molecular formula is C11H9BrFNO. The summed E-state index contributed by atoms with van der Waals surface area (Å²) in [5.41, 5.74) is 0.785. The first kappa shape index (κ1) is 10.4. The van der Waals surface area contributed by atoms with E-state index in [9.17, 15) is 4.39 Å². The van der Waals surface area contributed by atoms with Gasteiger partial charge in [-0.25, -0.2) is 9.38 Å². The Morgan fingerprint density at radius 1 is 1.47 bits per heavy atom. The fraction of sp³-hybridized carbons (Fsp3) is 0.182. The maximum Gasteiger partial charge on any atom is 0.216 e. The molecule has 0 saturated carbocycles. The number of halogens is 2. The summed E-state index contributed by atoms with van der Waals surface area (Å²) < 4.78 is 19.0. The van der Waals surface area contributed by atoms with E-state index in [1.54, 1.807) is 12.1 Å². The van der Waals surface area contributed by atoms with Crippen LogP contribution in [0.5, 0.6) is 0 Å². The maximum absolute atomic E-state index is 12.7. The topological polar surface area (TPSA) is 21.6 Å². The summed E-state index contributed by atoms with van der Waals surface area (Å²) in [6.45, 7) is 4.29. The molecule has 15 heavy (non-hydrogen) atoms. The molecule has 1 heterocycles. The van der Waals surface area contributed by atoms with E-state index in [1.165, 1.54) is 12.1 Å². The molecule has 1 aliphatic heterocycles. The van der Waals surface area contributed by atoms with Crippen molar-refractivity contribution in [2.24, 2.45) is 4.99 Å². The van der Waals surface area contributed by atoms with Gasteiger partial charge in [-0.1, -0.05) is 22.5 Å². The van der Waals surface area contributed by atoms with Crippen molar-refractivity contribution in [3.63, 3.8) is 0 Å². The van der Waals surface area contributed by atoms with Crippen molar-refractivity contribution in [3.05, 3.63) is 46.7 Å². The largest absolute Gasteiger partial charge is 0.467 e. The van der Waals surface area contributed by atoms with Gasteiger partial charge < -0.3 is 4.74 Å². The van der Waals surface area contributed by atoms with E-state index in [4.69, 9.17) is 4.74 Å². The van der Waals surface area contributed by atoms with Gasteiger partial charge in [0.2, 0.25) is 5.90 Å². The molecule has 0 N–H and O–H groups in total. The van der Waals surface area contributed by atoms with Gasteiger partial charge in [0.15, 0.2) is 6.10 Å². The Morgan fingerprint density at radius 3 is 2.67 bits per heavy atom. The molecule has 78 valence electrons. The molecule has 0 bridgehead atoms. The Labute approximate surface area is 95.6 Å². The predicted octanol–water partition coefficient (Wildman–Crippen LogP) is 2.88. The summed E-state index contributed by atoms with van der Waals surface area (Å²) in [6.07, 6.45) is -0.120. The molecule has 1 aromatic carbocycles. The molecule has 0 radical (unpaired) electrons. The fourth-order valence-corrected chi connectivity index (χ4v) is 1.53. The van der Waals surface area contributed by atoms with Crippen LogP contribution in [0.25, 0.3) is 0 Å². The highest BCUT2D eigenvalue weighted by molar-refractivity contribution is 9.11. The number of rotatable bonds is 2. The Balaban J connectivity index is 2.14. The zero-order valence-electron chi connectivity index (χ0n) is 7.91. The normalized spacial score (nSPS) is 19.6. The van der Waals surface area contributed by atoms with Crippen LogP contribution in [0, 0.1) is 5.82 Å². The van der Waals surface area contributed by atoms with Gasteiger partial charge in [0.25, 0.3) is 0 Å². The van der Waals surface area contributed by atoms with Gasteiger partial charge in [-0.05, 0) is 24.3 Å². The minimum Gasteiger partial charge on any atom is -0.467 e. The minimum absolute atomic E-state index is 0.120. The fourth-order valence-electron chi connectivity index (χ4n) is 1.29. The van der Waals surface area contributed by atoms with Crippen LogP contribution in [0.2, 0.25) is 0 Å². The van der Waals surface area contributed by atoms with Gasteiger partial charge in [0.05, 0.1) is 6.54 Å². The Kier molecular flexibility index (Phi) is 2.86. The number of nitrogens with zero attached hydrogens (tertiary/aromatic N) is 1. The smallest absolute Gasteiger partial charge is 0.216 e. The quantitative estimate of drug-likeness (QED) is 0.809. The Morgan fingerprint density at radius 2 is 2.13 bits per heavy atom. The second-order valence-corrected chi connectivity index (χ2v) is 4.22. The lowest BCUT2D eigenvalue weighted by atomic mass is 10.2. The average Bonchev–Trinajstić information content (AvgIpc) is 2.68. The number of hydrogen-bond acceptors (Lipinski definition) is 2. The highest BCUT2D eigenvalue weighted by Gasteiger charge is 2.22. The summed E-state index contributed by atoms with van der Waals surface area (Å²) in [5.74, 6) is 0.277. The Hall–Kier alpha value is -1.16. The molecule has 0 aliphatic carbocycles. The SMILES string of the molecule is C=C(Br)C1CN=C(c2ccc(F)cc2)O1. The van der Waals surface area contributed by atoms with Crippen LogP contribution in [-0.2, 0) is 4.74 Å². The van der Waals surface area contributed by atoms with Crippen LogP contribution in [0.15, 0.2) is 40.3 Å². The first-order valence-electron chi connectivity index (χ1n) is 4.48. The van der Waals surface area contributed by atoms with Gasteiger partial charge >= 0.3 is 0 Å². The molecule has 0 spiro atoms. The zero-order valence-corrected chi connectivity index (χ0v) is 9.50. The third kappa shape index (κ3) is 2.26. The second kappa shape index (κ2) is 4.14. The van der Waals surface area contributed by atoms with Gasteiger partial charge in [0.1, 0.15) is 5.82 Å². The second-order valence-electron chi connectivity index (χ2n) is 3.21. The molecule has 1 unspecified atom stereocenters. The molecule has 1 atom stereocenters. The first-order valence-corrected chi connectivity index (χ1v) is 5.27. The van der Waals surface area contributed by atoms with E-state index in [0.29, 0.717) is 12.4 Å². The lowest BCUT2D eigenvalue weighted by Crippen LogP contribution is -2.12. The van der Waals surface area contributed by atoms with Crippen LogP contribution in [-0.4, -0.2) is 18.5 Å². The number of aliphatic imine (C=N–C) groups is 1. The number of ether oxygens (including phenoxy) is 1. The summed E-state index contributed by atoms with van der Waals surface area (Å²) in [4.78, 5) is 4.22. The van der Waals surface area contributed by atoms with Crippen molar-refractivity contribution >= 4 is 21.8 Å². The Bertz CT molecular complexity index is 413. The standard InChI is InChI=1S/C11H9BrFNO/c1-7(12)10-6-14-11(15-10)8-2-4-9(13)5-3-8/h2-5,10H,1,6H2. The van der Waals surface area contributed by atoms with Gasteiger partial charge in [-0.3, -0.25) is 0 Å². The highest BCUT2D eigenvalue weighted by atomic mass is 79.9. The van der Waals surface area contributed by atoms with E-state index in [0.717, 1.165) is 10.0 Å². The van der Waals surface area contributed by atoms with Crippen molar-refractivity contribution in [2.75, 3.05) is 6.54 Å². The van der Waals surface area contributed by atoms with Gasteiger partial charge in [-0.2, -0.15) is 0 Å². The van der Waals surface area contributed by atoms with Gasteiger partial charge in [0, 0.05) is 10.0 Å². The van der Waals surface area contributed by atoms with E-state index < -0.39 is 0 Å². The summed E-state index contributed by atoms with van der Waals surface area (Å²) >= 11 is 3.26. The zero-order chi connectivity index (χ0) is 10.8. The lowest BCUT2D eigenvalue weighted by Gasteiger charge is -2.09. The highest BCUT2D eigenvalue weighted by Crippen LogP contribution is 2.20. The third-order valence-corrected chi connectivity index (χ3v) is 2.61. The molecule has 2 rings (SSSR count). The van der Waals surface area contributed by atoms with Crippen LogP contribution in [0.4, 0.5) is 4.39 Å². The van der Waals surface area contributed by atoms with Crippen LogP contribution >= 0.6 is 15.9 Å². The summed E-state index contributed by atoms with van der Waals surface area (Å²) in [5, 5.41) is 0. The van der Waals surface area contributed by atoms with Crippen LogP contribution < -0.4 is 0 Å². The maximum atomic E-state index is 12.7. The number of benzene rings is 1. The molecule has 1 aliphatic rings. The van der Waals surface area contributed by atoms with E-state index in [2.05, 4.69) is 27.5 Å². The summed E-state index contributed by atoms with van der Waals surface area (Å²) in [6, 6.07) is 6.07. The molecule has 4 heteroatoms. The molecule has 2 nitrogen and oxygen atoms in total. The van der Waals surface area contributed by atoms with Crippen LogP contribution in [0.1, 0.15) is 5.56 Å². The molecule has 0 fully saturated rings.